The second kappa shape index (κ2) is 7.39. The smallest absolute Gasteiger partial charge is 0 e. The molecule has 14 heavy (non-hydrogen) atoms. The van der Waals surface area contributed by atoms with Crippen molar-refractivity contribution < 1.29 is 26.2 Å². The van der Waals surface area contributed by atoms with E-state index in [2.05, 4.69) is 38.2 Å². The number of fused-ring (bicyclic) bond motifs is 2. The average molecular weight is 334 g/mol. The van der Waals surface area contributed by atoms with Crippen molar-refractivity contribution in [1.82, 2.24) is 0 Å². The molecule has 0 aromatic heterocycles. The Morgan fingerprint density at radius 1 is 1.14 bits per heavy atom. The topological polar surface area (TPSA) is 0 Å². The van der Waals surface area contributed by atoms with Crippen molar-refractivity contribution in [2.24, 2.45) is 11.3 Å². The molecule has 2 rings (SSSR count). The molecule has 1 atom stereocenters. The Hall–Kier alpha value is 1.10. The first-order chi connectivity index (χ1) is 4.71. The molecule has 0 nitrogen and oxygen atoms in total. The Balaban J connectivity index is -0.000000302. The van der Waals surface area contributed by atoms with E-state index in [0.29, 0.717) is 5.41 Å². The second-order valence-electron chi connectivity index (χ2n) is 3.78. The van der Waals surface area contributed by atoms with Crippen molar-refractivity contribution in [2.45, 2.75) is 20.3 Å². The third-order valence-corrected chi connectivity index (χ3v) is 2.87. The standard InChI is InChI=1S/C10H13.3ClH.Zr/c1-10(2)8-4-3-5-9(10)7-6-8;;;;/h3-4,6-7,9H,5H2,1-2H3;3*1H;/q-1;;;;. The number of allylic oxidation sites excluding steroid dienone is 4. The summed E-state index contributed by atoms with van der Waals surface area (Å²) in [5.74, 6) is 2.27. The van der Waals surface area contributed by atoms with Gasteiger partial charge in [-0.15, -0.1) is 37.2 Å². The van der Waals surface area contributed by atoms with Crippen molar-refractivity contribution >= 4 is 37.2 Å². The van der Waals surface area contributed by atoms with Gasteiger partial charge in [-0.1, -0.05) is 31.6 Å². The molecule has 0 radical (unpaired) electrons. The van der Waals surface area contributed by atoms with Gasteiger partial charge in [-0.05, 0) is 0 Å². The van der Waals surface area contributed by atoms with Crippen LogP contribution < -0.4 is 0 Å². The van der Waals surface area contributed by atoms with Gasteiger partial charge in [0.2, 0.25) is 0 Å². The number of halogens is 3. The quantitative estimate of drug-likeness (QED) is 0.588. The minimum atomic E-state index is 0. The van der Waals surface area contributed by atoms with E-state index in [1.807, 2.05) is 0 Å². The van der Waals surface area contributed by atoms with E-state index in [1.165, 1.54) is 12.3 Å². The van der Waals surface area contributed by atoms with Crippen molar-refractivity contribution in [3.8, 4) is 0 Å². The Labute approximate surface area is 124 Å². The summed E-state index contributed by atoms with van der Waals surface area (Å²) in [4.78, 5) is 0. The largest absolute Gasteiger partial charge is 0.179 e. The van der Waals surface area contributed by atoms with Crippen LogP contribution in [0.15, 0.2) is 24.3 Å². The minimum absolute atomic E-state index is 0. The molecule has 2 aliphatic rings. The number of hydrogen-bond donors (Lipinski definition) is 0. The monoisotopic (exact) mass is 331 g/mol. The Morgan fingerprint density at radius 2 is 1.71 bits per heavy atom. The molecule has 0 heterocycles. The fraction of sp³-hybridized carbons (Fsp3) is 0.500. The van der Waals surface area contributed by atoms with E-state index >= 15 is 0 Å². The van der Waals surface area contributed by atoms with Crippen LogP contribution in [0.5, 0.6) is 0 Å². The summed E-state index contributed by atoms with van der Waals surface area (Å²) >= 11 is 0. The Kier molecular flexibility index (Phi) is 10.8. The molecule has 0 N–H and O–H groups in total. The van der Waals surface area contributed by atoms with Gasteiger partial charge in [0.15, 0.2) is 0 Å². The molecule has 82 valence electrons. The van der Waals surface area contributed by atoms with Crippen molar-refractivity contribution in [1.29, 1.82) is 0 Å². The molecule has 1 unspecified atom stereocenters. The summed E-state index contributed by atoms with van der Waals surface area (Å²) < 4.78 is 0. The molecule has 0 fully saturated rings. The molecule has 0 aromatic rings. The maximum atomic E-state index is 2.34. The van der Waals surface area contributed by atoms with Gasteiger partial charge in [0.1, 0.15) is 0 Å². The van der Waals surface area contributed by atoms with Gasteiger partial charge in [0.25, 0.3) is 0 Å². The van der Waals surface area contributed by atoms with Crippen molar-refractivity contribution in [3.05, 3.63) is 30.2 Å². The summed E-state index contributed by atoms with van der Waals surface area (Å²) in [6.07, 6.45) is 10.4. The van der Waals surface area contributed by atoms with Crippen LogP contribution in [0.25, 0.3) is 0 Å². The SMILES string of the molecule is CC1(C)[C-]2C=CCC1C=C2.Cl.Cl.Cl.[Zr]. The Bertz CT molecular complexity index is 209. The predicted octanol–water partition coefficient (Wildman–Crippen LogP) is 4.00. The van der Waals surface area contributed by atoms with E-state index < -0.39 is 0 Å². The predicted molar refractivity (Wildman–Crippen MR) is 65.2 cm³/mol. The third kappa shape index (κ3) is 3.30. The molecule has 0 amide bonds. The van der Waals surface area contributed by atoms with E-state index in [-0.39, 0.29) is 63.4 Å². The van der Waals surface area contributed by atoms with Crippen LogP contribution >= 0.6 is 37.2 Å². The molecule has 0 spiro atoms. The molecule has 2 aliphatic carbocycles. The second-order valence-corrected chi connectivity index (χ2v) is 3.78. The first-order valence-electron chi connectivity index (χ1n) is 3.93. The minimum Gasteiger partial charge on any atom is -0.179 e. The van der Waals surface area contributed by atoms with Gasteiger partial charge in [-0.3, -0.25) is 0 Å². The zero-order chi connectivity index (χ0) is 7.19. The molecule has 2 bridgehead atoms. The van der Waals surface area contributed by atoms with E-state index in [9.17, 15) is 0 Å². The molecule has 0 saturated carbocycles. The van der Waals surface area contributed by atoms with E-state index in [0.717, 1.165) is 5.92 Å². The molecular weight excluding hydrogens is 318 g/mol. The fourth-order valence-corrected chi connectivity index (χ4v) is 1.87. The van der Waals surface area contributed by atoms with Gasteiger partial charge in [0, 0.05) is 26.2 Å². The maximum absolute atomic E-state index is 2.34. The molecule has 0 aromatic carbocycles. The third-order valence-electron chi connectivity index (χ3n) is 2.87. The summed E-state index contributed by atoms with van der Waals surface area (Å²) in [5, 5.41) is 0. The van der Waals surface area contributed by atoms with Crippen LogP contribution in [0.4, 0.5) is 0 Å². The van der Waals surface area contributed by atoms with Crippen molar-refractivity contribution in [3.63, 3.8) is 0 Å². The molecular formula is C10H16Cl3Zr-. The van der Waals surface area contributed by atoms with Crippen molar-refractivity contribution in [2.75, 3.05) is 0 Å². The average Bonchev–Trinajstić information content (AvgIpc) is 2.17. The first-order valence-corrected chi connectivity index (χ1v) is 3.93. The van der Waals surface area contributed by atoms with Crippen LogP contribution in [0.3, 0.4) is 0 Å². The molecule has 0 saturated heterocycles. The fourth-order valence-electron chi connectivity index (χ4n) is 1.87. The number of rotatable bonds is 0. The van der Waals surface area contributed by atoms with Crippen LogP contribution in [-0.4, -0.2) is 0 Å². The summed E-state index contributed by atoms with van der Waals surface area (Å²) in [6.45, 7) is 4.66. The zero-order valence-electron chi connectivity index (χ0n) is 8.32. The van der Waals surface area contributed by atoms with Crippen LogP contribution in [0.2, 0.25) is 0 Å². The van der Waals surface area contributed by atoms with Crippen LogP contribution in [0.1, 0.15) is 20.3 Å². The van der Waals surface area contributed by atoms with Gasteiger partial charge in [-0.2, -0.15) is 30.2 Å². The molecule has 0 aliphatic heterocycles. The van der Waals surface area contributed by atoms with Gasteiger partial charge < -0.3 is 0 Å². The number of hydrogen-bond acceptors (Lipinski definition) is 0. The van der Waals surface area contributed by atoms with Crippen LogP contribution in [-0.2, 0) is 26.2 Å². The Morgan fingerprint density at radius 3 is 2.14 bits per heavy atom. The van der Waals surface area contributed by atoms with E-state index in [1.54, 1.807) is 0 Å². The summed E-state index contributed by atoms with van der Waals surface area (Å²) in [6, 6.07) is 0. The molecule has 4 heteroatoms. The van der Waals surface area contributed by atoms with E-state index in [4.69, 9.17) is 0 Å². The van der Waals surface area contributed by atoms with Gasteiger partial charge >= 0.3 is 0 Å². The van der Waals surface area contributed by atoms with Gasteiger partial charge in [0.05, 0.1) is 0 Å². The van der Waals surface area contributed by atoms with Crippen LogP contribution in [0, 0.1) is 17.3 Å². The normalized spacial score (nSPS) is 23.9. The summed E-state index contributed by atoms with van der Waals surface area (Å²) in [5.41, 5.74) is 0.425. The van der Waals surface area contributed by atoms with Gasteiger partial charge in [-0.25, -0.2) is 0 Å². The zero-order valence-corrected chi connectivity index (χ0v) is 13.2. The summed E-state index contributed by atoms with van der Waals surface area (Å²) in [7, 11) is 0. The first kappa shape index (κ1) is 20.5. The maximum Gasteiger partial charge on any atom is 0 e.